The number of anilines is 1. The first-order valence-electron chi connectivity index (χ1n) is 13.5. The molecular formula is C29H37N3O8S. The topological polar surface area (TPSA) is 143 Å². The molecular weight excluding hydrogens is 550 g/mol. The van der Waals surface area contributed by atoms with Gasteiger partial charge < -0.3 is 24.8 Å². The Hall–Kier alpha value is -3.48. The average molecular weight is 588 g/mol. The van der Waals surface area contributed by atoms with E-state index in [2.05, 4.69) is 10.2 Å². The van der Waals surface area contributed by atoms with Crippen LogP contribution in [0.2, 0.25) is 0 Å². The highest BCUT2D eigenvalue weighted by atomic mass is 32.2. The molecule has 0 aromatic heterocycles. The Morgan fingerprint density at radius 1 is 1.20 bits per heavy atom. The number of β-amino-alcohol motifs (C(OH)–C–C–N with tert-alkyl or cyclic N) is 1. The molecule has 2 aliphatic rings. The van der Waals surface area contributed by atoms with Crippen LogP contribution in [0.15, 0.2) is 47.4 Å². The lowest BCUT2D eigenvalue weighted by Gasteiger charge is -2.32. The Bertz CT molecular complexity index is 1420. The molecule has 1 saturated heterocycles. The smallest absolute Gasteiger partial charge is 0.344 e. The number of esters is 1. The van der Waals surface area contributed by atoms with Crippen LogP contribution in [0.5, 0.6) is 5.75 Å². The molecule has 1 fully saturated rings. The van der Waals surface area contributed by atoms with Gasteiger partial charge in [-0.25, -0.2) is 13.2 Å². The summed E-state index contributed by atoms with van der Waals surface area (Å²) in [7, 11) is -2.03. The summed E-state index contributed by atoms with van der Waals surface area (Å²) in [6.45, 7) is 6.72. The van der Waals surface area contributed by atoms with E-state index < -0.39 is 45.2 Å². The summed E-state index contributed by atoms with van der Waals surface area (Å²) in [6.07, 6.45) is 0.197. The maximum absolute atomic E-state index is 13.5. The van der Waals surface area contributed by atoms with E-state index in [4.69, 9.17) is 9.47 Å². The minimum atomic E-state index is -3.72. The first kappa shape index (κ1) is 30.5. The maximum atomic E-state index is 13.5. The highest BCUT2D eigenvalue weighted by Gasteiger charge is 2.31. The van der Waals surface area contributed by atoms with Crippen molar-refractivity contribution >= 4 is 33.3 Å². The third-order valence-electron chi connectivity index (χ3n) is 6.89. The van der Waals surface area contributed by atoms with E-state index in [1.165, 1.54) is 12.1 Å². The number of amides is 2. The zero-order valence-corrected chi connectivity index (χ0v) is 24.6. The zero-order valence-electron chi connectivity index (χ0n) is 23.8. The van der Waals surface area contributed by atoms with Gasteiger partial charge in [0.05, 0.1) is 29.1 Å². The number of sulfone groups is 1. The largest absolute Gasteiger partial charge is 0.482 e. The number of nitrogens with one attached hydrogen (secondary N) is 1. The highest BCUT2D eigenvalue weighted by Crippen LogP contribution is 2.30. The number of aliphatic hydroxyl groups excluding tert-OH is 1. The molecule has 0 spiro atoms. The number of hydrogen-bond donors (Lipinski definition) is 2. The fourth-order valence-corrected chi connectivity index (χ4v) is 6.26. The Morgan fingerprint density at radius 2 is 1.95 bits per heavy atom. The van der Waals surface area contributed by atoms with Gasteiger partial charge in [-0.05, 0) is 62.6 Å². The van der Waals surface area contributed by atoms with Crippen LogP contribution >= 0.6 is 0 Å². The summed E-state index contributed by atoms with van der Waals surface area (Å²) in [5.74, 6) is -1.48. The number of aliphatic hydroxyl groups is 1. The van der Waals surface area contributed by atoms with Crippen LogP contribution in [0.3, 0.4) is 0 Å². The quantitative estimate of drug-likeness (QED) is 0.421. The van der Waals surface area contributed by atoms with Crippen molar-refractivity contribution in [3.63, 3.8) is 0 Å². The minimum Gasteiger partial charge on any atom is -0.482 e. The van der Waals surface area contributed by atoms with Gasteiger partial charge in [0.25, 0.3) is 0 Å². The van der Waals surface area contributed by atoms with E-state index >= 15 is 0 Å². The number of nitrogens with zero attached hydrogens (tertiary/aromatic N) is 2. The van der Waals surface area contributed by atoms with Crippen LogP contribution < -0.4 is 10.1 Å². The fraction of sp³-hybridized carbons (Fsp3) is 0.483. The third-order valence-corrected chi connectivity index (χ3v) is 8.56. The number of rotatable bonds is 9. The van der Waals surface area contributed by atoms with E-state index in [1.807, 2.05) is 6.07 Å². The molecule has 0 unspecified atom stereocenters. The van der Waals surface area contributed by atoms with Crippen molar-refractivity contribution in [3.8, 4) is 5.75 Å². The van der Waals surface area contributed by atoms with Gasteiger partial charge in [-0.2, -0.15) is 0 Å². The second kappa shape index (κ2) is 12.2. The Morgan fingerprint density at radius 3 is 2.63 bits per heavy atom. The van der Waals surface area contributed by atoms with Gasteiger partial charge in [-0.3, -0.25) is 14.5 Å². The summed E-state index contributed by atoms with van der Waals surface area (Å²) >= 11 is 0. The van der Waals surface area contributed by atoms with E-state index in [0.29, 0.717) is 37.4 Å². The van der Waals surface area contributed by atoms with Gasteiger partial charge in [0.1, 0.15) is 17.1 Å². The monoisotopic (exact) mass is 587 g/mol. The van der Waals surface area contributed by atoms with Crippen molar-refractivity contribution in [2.45, 2.75) is 56.3 Å². The molecule has 0 radical (unpaired) electrons. The maximum Gasteiger partial charge on any atom is 0.344 e. The number of carbonyl (C=O) groups excluding carboxylic acids is 3. The number of likely N-dealkylation sites (tertiary alicyclic amines) is 1. The molecule has 2 aliphatic heterocycles. The molecule has 11 nitrogen and oxygen atoms in total. The normalized spacial score (nSPS) is 19.1. The predicted molar refractivity (Wildman–Crippen MR) is 151 cm³/mol. The molecule has 4 rings (SSSR count). The van der Waals surface area contributed by atoms with Crippen molar-refractivity contribution in [2.75, 3.05) is 44.4 Å². The van der Waals surface area contributed by atoms with Gasteiger partial charge in [-0.1, -0.05) is 18.2 Å². The van der Waals surface area contributed by atoms with Gasteiger partial charge in [0.2, 0.25) is 11.8 Å². The van der Waals surface area contributed by atoms with E-state index in [-0.39, 0.29) is 29.5 Å². The number of ether oxygens (including phenoxy) is 2. The van der Waals surface area contributed by atoms with Crippen LogP contribution in [-0.4, -0.2) is 91.9 Å². The molecule has 2 heterocycles. The van der Waals surface area contributed by atoms with Crippen LogP contribution in [0.25, 0.3) is 0 Å². The van der Waals surface area contributed by atoms with Gasteiger partial charge in [0.15, 0.2) is 16.4 Å². The van der Waals surface area contributed by atoms with Gasteiger partial charge in [-0.15, -0.1) is 0 Å². The highest BCUT2D eigenvalue weighted by molar-refractivity contribution is 7.92. The predicted octanol–water partition coefficient (Wildman–Crippen LogP) is 1.94. The van der Waals surface area contributed by atoms with E-state index in [1.54, 1.807) is 57.0 Å². The van der Waals surface area contributed by atoms with Gasteiger partial charge in [0, 0.05) is 26.7 Å². The summed E-state index contributed by atoms with van der Waals surface area (Å²) in [5.41, 5.74) is 0.886. The Kier molecular flexibility index (Phi) is 9.05. The summed E-state index contributed by atoms with van der Waals surface area (Å²) < 4.78 is 35.7. The molecule has 41 heavy (non-hydrogen) atoms. The lowest BCUT2D eigenvalue weighted by Crippen LogP contribution is -2.39. The van der Waals surface area contributed by atoms with Crippen LogP contribution in [-0.2, 0) is 35.4 Å². The molecule has 0 saturated carbocycles. The van der Waals surface area contributed by atoms with E-state index in [9.17, 15) is 27.9 Å². The molecule has 2 aromatic rings. The van der Waals surface area contributed by atoms with Crippen molar-refractivity contribution < 1.29 is 37.4 Å². The van der Waals surface area contributed by atoms with Crippen molar-refractivity contribution in [1.82, 2.24) is 9.80 Å². The number of fused-ring (bicyclic) bond motifs is 1. The molecule has 2 N–H and O–H groups in total. The Labute approximate surface area is 240 Å². The summed E-state index contributed by atoms with van der Waals surface area (Å²) in [5, 5.41) is 12.6. The van der Waals surface area contributed by atoms with Crippen molar-refractivity contribution in [3.05, 3.63) is 53.6 Å². The number of hydrogen-bond acceptors (Lipinski definition) is 9. The summed E-state index contributed by atoms with van der Waals surface area (Å²) in [6, 6.07) is 11.3. The lowest BCUT2D eigenvalue weighted by molar-refractivity contribution is -0.157. The first-order chi connectivity index (χ1) is 19.2. The second-order valence-corrected chi connectivity index (χ2v) is 13.4. The standard InChI is InChI=1S/C29H37N3O8S/c1-29(2,3)40-28(36)17-39-22-7-5-6-20(14-22)24(16-32-11-10-21(33)15-32)31(4)27(35)13-19-8-9-25-23(12-19)30-26(34)18-41(25,37)38/h5-9,12,14,21,24,33H,10-11,13,15-18H2,1-4H3,(H,30,34)/t21-,24+/m0/s1. The Balaban J connectivity index is 1.52. The minimum absolute atomic E-state index is 0.0202. The molecule has 0 bridgehead atoms. The molecule has 2 aromatic carbocycles. The van der Waals surface area contributed by atoms with Crippen LogP contribution in [0, 0.1) is 0 Å². The summed E-state index contributed by atoms with van der Waals surface area (Å²) in [4.78, 5) is 41.3. The average Bonchev–Trinajstić information content (AvgIpc) is 3.28. The van der Waals surface area contributed by atoms with Gasteiger partial charge >= 0.3 is 5.97 Å². The molecule has 12 heteroatoms. The molecule has 2 atom stereocenters. The number of benzene rings is 2. The van der Waals surface area contributed by atoms with E-state index in [0.717, 1.165) is 5.56 Å². The number of carbonyl (C=O) groups is 3. The second-order valence-electron chi connectivity index (χ2n) is 11.5. The number of likely N-dealkylation sites (N-methyl/N-ethyl adjacent to an activating group) is 1. The van der Waals surface area contributed by atoms with Crippen molar-refractivity contribution in [1.29, 1.82) is 0 Å². The molecule has 0 aliphatic carbocycles. The van der Waals surface area contributed by atoms with Crippen LogP contribution in [0.4, 0.5) is 5.69 Å². The van der Waals surface area contributed by atoms with Crippen LogP contribution in [0.1, 0.15) is 44.4 Å². The SMILES string of the molecule is CN(C(=O)Cc1ccc2c(c1)NC(=O)CS2(=O)=O)[C@H](CN1CC[C@H](O)C1)c1cccc(OCC(=O)OC(C)(C)C)c1. The zero-order chi connectivity index (χ0) is 29.9. The molecule has 222 valence electrons. The lowest BCUT2D eigenvalue weighted by atomic mass is 10.0. The first-order valence-corrected chi connectivity index (χ1v) is 15.1. The van der Waals surface area contributed by atoms with Crippen molar-refractivity contribution in [2.24, 2.45) is 0 Å². The fourth-order valence-electron chi connectivity index (χ4n) is 4.96. The third kappa shape index (κ3) is 8.05. The molecule has 2 amide bonds.